The number of benzene rings is 2. The Morgan fingerprint density at radius 2 is 1.93 bits per heavy atom. The van der Waals surface area contributed by atoms with Crippen LogP contribution < -0.4 is 9.64 Å². The molecular weight excluding hydrogens is 414 g/mol. The molecule has 0 aromatic heterocycles. The number of amides is 1. The first-order valence-electron chi connectivity index (χ1n) is 10.8. The lowest BCUT2D eigenvalue weighted by molar-refractivity contribution is -0.127. The zero-order valence-electron chi connectivity index (χ0n) is 18.2. The maximum atomic E-state index is 13.0. The van der Waals surface area contributed by atoms with Gasteiger partial charge < -0.3 is 9.64 Å². The van der Waals surface area contributed by atoms with Crippen molar-refractivity contribution in [1.29, 1.82) is 0 Å². The molecule has 1 saturated carbocycles. The minimum absolute atomic E-state index is 0.00844. The van der Waals surface area contributed by atoms with Gasteiger partial charge in [-0.1, -0.05) is 24.6 Å². The van der Waals surface area contributed by atoms with Gasteiger partial charge in [0.25, 0.3) is 0 Å². The van der Waals surface area contributed by atoms with Gasteiger partial charge in [-0.15, -0.1) is 11.8 Å². The van der Waals surface area contributed by atoms with E-state index in [-0.39, 0.29) is 10.7 Å². The second-order valence-electron chi connectivity index (χ2n) is 9.30. The summed E-state index contributed by atoms with van der Waals surface area (Å²) >= 11 is 8.03. The molecule has 2 atom stereocenters. The summed E-state index contributed by atoms with van der Waals surface area (Å²) < 4.78 is 6.22. The molecule has 1 amide bonds. The Morgan fingerprint density at radius 3 is 2.57 bits per heavy atom. The average Bonchev–Trinajstić information content (AvgIpc) is 3.06. The van der Waals surface area contributed by atoms with Crippen LogP contribution in [0.1, 0.15) is 52.5 Å². The molecule has 1 aliphatic heterocycles. The lowest BCUT2D eigenvalue weighted by Gasteiger charge is -2.31. The van der Waals surface area contributed by atoms with Gasteiger partial charge in [0.05, 0.1) is 11.1 Å². The van der Waals surface area contributed by atoms with E-state index in [0.717, 1.165) is 29.3 Å². The summed E-state index contributed by atoms with van der Waals surface area (Å²) in [6, 6.07) is 14.6. The third-order valence-electron chi connectivity index (χ3n) is 6.35. The fourth-order valence-corrected chi connectivity index (χ4v) is 6.32. The minimum atomic E-state index is -0.535. The number of nitrogens with zero attached hydrogens (tertiary/aromatic N) is 1. The summed E-state index contributed by atoms with van der Waals surface area (Å²) in [6.45, 7) is 9.31. The minimum Gasteiger partial charge on any atom is -0.490 e. The van der Waals surface area contributed by atoms with Gasteiger partial charge >= 0.3 is 0 Å². The molecule has 1 heterocycles. The van der Waals surface area contributed by atoms with Gasteiger partial charge in [0, 0.05) is 21.2 Å². The molecule has 0 spiro atoms. The van der Waals surface area contributed by atoms with Crippen molar-refractivity contribution in [3.8, 4) is 5.75 Å². The molecule has 5 heteroatoms. The van der Waals surface area contributed by atoms with Crippen LogP contribution in [0.25, 0.3) is 0 Å². The largest absolute Gasteiger partial charge is 0.490 e. The van der Waals surface area contributed by atoms with E-state index in [4.69, 9.17) is 16.3 Å². The summed E-state index contributed by atoms with van der Waals surface area (Å²) in [5, 5.41) is 0.763. The Labute approximate surface area is 189 Å². The lowest BCUT2D eigenvalue weighted by atomic mass is 9.92. The van der Waals surface area contributed by atoms with E-state index in [1.54, 1.807) is 0 Å². The molecule has 2 aliphatic rings. The smallest absolute Gasteiger partial charge is 0.236 e. The van der Waals surface area contributed by atoms with Crippen LogP contribution in [0.5, 0.6) is 5.75 Å². The highest BCUT2D eigenvalue weighted by Gasteiger charge is 2.42. The molecular formula is C25H30ClNO2S. The van der Waals surface area contributed by atoms with Crippen LogP contribution in [0.3, 0.4) is 0 Å². The lowest BCUT2D eigenvalue weighted by Crippen LogP contribution is -2.42. The number of carbonyl (C=O) groups excluding carboxylic acids is 1. The quantitative estimate of drug-likeness (QED) is 0.513. The highest BCUT2D eigenvalue weighted by atomic mass is 35.5. The van der Waals surface area contributed by atoms with Crippen LogP contribution in [-0.2, 0) is 9.54 Å². The fraction of sp³-hybridized carbons (Fsp3) is 0.480. The molecule has 160 valence electrons. The van der Waals surface area contributed by atoms with E-state index in [1.807, 2.05) is 49.6 Å². The number of anilines is 1. The van der Waals surface area contributed by atoms with Crippen molar-refractivity contribution in [2.75, 3.05) is 18.1 Å². The maximum Gasteiger partial charge on any atom is 0.236 e. The Kier molecular flexibility index (Phi) is 5.84. The Morgan fingerprint density at radius 1 is 1.20 bits per heavy atom. The summed E-state index contributed by atoms with van der Waals surface area (Å²) in [5.74, 6) is 1.62. The molecule has 0 radical (unpaired) electrons. The summed E-state index contributed by atoms with van der Waals surface area (Å²) in [6.07, 6.45) is 3.47. The molecule has 0 saturated heterocycles. The number of hydrogen-bond acceptors (Lipinski definition) is 3. The highest BCUT2D eigenvalue weighted by molar-refractivity contribution is 8.00. The average molecular weight is 444 g/mol. The molecule has 1 aliphatic carbocycles. The maximum absolute atomic E-state index is 13.0. The predicted octanol–water partition coefficient (Wildman–Crippen LogP) is 6.92. The molecule has 2 unspecified atom stereocenters. The number of thioether (sulfide) groups is 1. The van der Waals surface area contributed by atoms with Crippen LogP contribution in [0.4, 0.5) is 5.69 Å². The summed E-state index contributed by atoms with van der Waals surface area (Å²) in [5.41, 5.74) is 1.63. The molecule has 0 N–H and O–H groups in total. The highest BCUT2D eigenvalue weighted by Crippen LogP contribution is 2.55. The van der Waals surface area contributed by atoms with Crippen LogP contribution in [0, 0.1) is 11.3 Å². The van der Waals surface area contributed by atoms with Crippen molar-refractivity contribution in [3.63, 3.8) is 0 Å². The van der Waals surface area contributed by atoms with E-state index in [9.17, 15) is 4.79 Å². The van der Waals surface area contributed by atoms with Crippen molar-refractivity contribution in [2.24, 2.45) is 11.3 Å². The summed E-state index contributed by atoms with van der Waals surface area (Å²) in [4.78, 5) is 16.1. The van der Waals surface area contributed by atoms with Crippen LogP contribution in [0.15, 0.2) is 47.4 Å². The van der Waals surface area contributed by atoms with Gasteiger partial charge in [0.2, 0.25) is 5.91 Å². The van der Waals surface area contributed by atoms with Crippen molar-refractivity contribution >= 4 is 35.0 Å². The third-order valence-corrected chi connectivity index (χ3v) is 8.11. The molecule has 2 aromatic rings. The first-order valence-corrected chi connectivity index (χ1v) is 12.0. The standard InChI is InChI=1S/C25H30ClNO2S/c1-5-27-21-11-6-18(14-22(21)29-16-24(3,4)23(27)28)25(13-12-17(2)15-25)30-20-9-7-19(26)8-10-20/h6-11,14,17H,5,12-13,15-16H2,1-4H3. The first kappa shape index (κ1) is 21.6. The number of halogens is 1. The second-order valence-corrected chi connectivity index (χ2v) is 11.2. The van der Waals surface area contributed by atoms with Gasteiger partial charge in [0.1, 0.15) is 12.4 Å². The molecule has 4 rings (SSSR count). The first-order chi connectivity index (χ1) is 14.2. The van der Waals surface area contributed by atoms with Crippen LogP contribution in [0.2, 0.25) is 5.02 Å². The Bertz CT molecular complexity index is 943. The number of hydrogen-bond donors (Lipinski definition) is 0. The second kappa shape index (κ2) is 8.12. The number of ether oxygens (including phenoxy) is 1. The zero-order chi connectivity index (χ0) is 21.5. The van der Waals surface area contributed by atoms with E-state index in [1.165, 1.54) is 16.9 Å². The molecule has 3 nitrogen and oxygen atoms in total. The van der Waals surface area contributed by atoms with E-state index in [0.29, 0.717) is 19.1 Å². The summed E-state index contributed by atoms with van der Waals surface area (Å²) in [7, 11) is 0. The van der Waals surface area contributed by atoms with Gasteiger partial charge in [0.15, 0.2) is 0 Å². The molecule has 1 fully saturated rings. The van der Waals surface area contributed by atoms with Gasteiger partial charge in [-0.05, 0) is 87.9 Å². The van der Waals surface area contributed by atoms with Gasteiger partial charge in [-0.2, -0.15) is 0 Å². The van der Waals surface area contributed by atoms with E-state index < -0.39 is 5.41 Å². The fourth-order valence-electron chi connectivity index (χ4n) is 4.63. The van der Waals surface area contributed by atoms with Crippen molar-refractivity contribution in [2.45, 2.75) is 56.6 Å². The van der Waals surface area contributed by atoms with E-state index in [2.05, 4.69) is 37.3 Å². The Balaban J connectivity index is 1.74. The van der Waals surface area contributed by atoms with E-state index >= 15 is 0 Å². The van der Waals surface area contributed by atoms with Crippen LogP contribution in [-0.4, -0.2) is 19.1 Å². The predicted molar refractivity (Wildman–Crippen MR) is 126 cm³/mol. The third kappa shape index (κ3) is 3.97. The number of fused-ring (bicyclic) bond motifs is 1. The van der Waals surface area contributed by atoms with Gasteiger partial charge in [-0.25, -0.2) is 0 Å². The monoisotopic (exact) mass is 443 g/mol. The molecule has 2 aromatic carbocycles. The SMILES string of the molecule is CCN1C(=O)C(C)(C)COc2cc(C3(Sc4ccc(Cl)cc4)CCC(C)C3)ccc21. The van der Waals surface area contributed by atoms with Crippen molar-refractivity contribution in [1.82, 2.24) is 0 Å². The number of rotatable bonds is 4. The van der Waals surface area contributed by atoms with Crippen LogP contribution >= 0.6 is 23.4 Å². The van der Waals surface area contributed by atoms with Crippen molar-refractivity contribution < 1.29 is 9.53 Å². The Hall–Kier alpha value is -1.65. The molecule has 30 heavy (non-hydrogen) atoms. The van der Waals surface area contributed by atoms with Gasteiger partial charge in [-0.3, -0.25) is 4.79 Å². The topological polar surface area (TPSA) is 29.5 Å². The van der Waals surface area contributed by atoms with Crippen molar-refractivity contribution in [3.05, 3.63) is 53.1 Å². The molecule has 0 bridgehead atoms. The zero-order valence-corrected chi connectivity index (χ0v) is 19.8. The number of carbonyl (C=O) groups is 1. The normalized spacial score (nSPS) is 25.6.